The van der Waals surface area contributed by atoms with Gasteiger partial charge in [0.1, 0.15) is 0 Å². The van der Waals surface area contributed by atoms with Gasteiger partial charge in [0.05, 0.1) is 0 Å². The molecule has 0 fully saturated rings. The maximum Gasteiger partial charge on any atom is 0 e. The van der Waals surface area contributed by atoms with E-state index in [9.17, 15) is 0 Å². The Balaban J connectivity index is -0.0000000450. The third-order valence-corrected chi connectivity index (χ3v) is 0. The van der Waals surface area contributed by atoms with Gasteiger partial charge in [-0.1, -0.05) is 0 Å². The van der Waals surface area contributed by atoms with Crippen molar-refractivity contribution in [1.29, 1.82) is 0 Å². The van der Waals surface area contributed by atoms with Gasteiger partial charge in [0.2, 0.25) is 0 Å². The van der Waals surface area contributed by atoms with Gasteiger partial charge in [0.25, 0.3) is 0 Å². The van der Waals surface area contributed by atoms with Crippen LogP contribution in [0.4, 0.5) is 0 Å². The predicted octanol–water partition coefficient (Wildman–Crippen LogP) is -1.45. The molecular weight excluding hydrogens is 322 g/mol. The van der Waals surface area contributed by atoms with Crippen LogP contribution < -0.4 is 0 Å². The normalized spacial score (nSPS) is 4.17. The molecule has 0 aromatic heterocycles. The predicted molar refractivity (Wildman–Crippen MR) is 10.7 cm³/mol. The summed E-state index contributed by atoms with van der Waals surface area (Å²) >= 11 is -3.69. The van der Waals surface area contributed by atoms with Crippen LogP contribution in [-0.4, -0.2) is 55.4 Å². The quantitative estimate of drug-likeness (QED) is 0.555. The fourth-order valence-corrected chi connectivity index (χ4v) is 0. The Morgan fingerprint density at radius 2 is 1.33 bits per heavy atom. The zero-order valence-corrected chi connectivity index (χ0v) is 6.45. The van der Waals surface area contributed by atoms with Gasteiger partial charge >= 0.3 is 78.2 Å². The molecule has 0 aliphatic carbocycles. The van der Waals surface area contributed by atoms with Crippen LogP contribution in [0.3, 0.4) is 0 Å². The Labute approximate surface area is 96.9 Å². The van der Waals surface area contributed by atoms with E-state index in [1.54, 1.807) is 0 Å². The van der Waals surface area contributed by atoms with E-state index in [4.69, 9.17) is 11.4 Å². The first-order valence-electron chi connectivity index (χ1n) is 0.565. The van der Waals surface area contributed by atoms with E-state index in [1.807, 2.05) is 0 Å². The van der Waals surface area contributed by atoms with Crippen molar-refractivity contribution in [3.63, 3.8) is 0 Å². The van der Waals surface area contributed by atoms with Crippen LogP contribution in [0.25, 0.3) is 0 Å². The van der Waals surface area contributed by atoms with Crippen LogP contribution >= 0.6 is 0 Å². The molecule has 0 heterocycles. The van der Waals surface area contributed by atoms with E-state index in [2.05, 4.69) is 0 Å². The first kappa shape index (κ1) is 15.8. The first-order valence-corrected chi connectivity index (χ1v) is 2.33. The van der Waals surface area contributed by atoms with Gasteiger partial charge < -0.3 is 0 Å². The SMILES string of the molecule is [KH].[O]=[V](=[O])[OH].[W]. The molecule has 32 valence electrons. The summed E-state index contributed by atoms with van der Waals surface area (Å²) in [5.74, 6) is 0. The minimum Gasteiger partial charge on any atom is 0 e. The van der Waals surface area contributed by atoms with E-state index in [0.29, 0.717) is 0 Å². The molecule has 6 heavy (non-hydrogen) atoms. The van der Waals surface area contributed by atoms with E-state index >= 15 is 0 Å². The third kappa shape index (κ3) is 31.7. The van der Waals surface area contributed by atoms with Gasteiger partial charge in [0, 0.05) is 21.1 Å². The molecule has 0 saturated heterocycles. The summed E-state index contributed by atoms with van der Waals surface area (Å²) in [4.78, 5) is 0. The zero-order valence-electron chi connectivity index (χ0n) is 2.12. The molecule has 0 aromatic carbocycles. The molecule has 0 amide bonds. The zero-order chi connectivity index (χ0) is 3.58. The molecule has 0 bridgehead atoms. The minimum absolute atomic E-state index is 0. The molecule has 6 heteroatoms. The van der Waals surface area contributed by atoms with Crippen molar-refractivity contribution in [1.82, 2.24) is 0 Å². The maximum absolute atomic E-state index is 8.67. The van der Waals surface area contributed by atoms with Gasteiger partial charge in [-0.2, -0.15) is 0 Å². The van der Waals surface area contributed by atoms with Gasteiger partial charge in [-0.15, -0.1) is 0 Å². The smallest absolute Gasteiger partial charge is 0 e. The van der Waals surface area contributed by atoms with Crippen LogP contribution in [0.15, 0.2) is 0 Å². The van der Waals surface area contributed by atoms with Crippen molar-refractivity contribution in [3.05, 3.63) is 0 Å². The molecule has 0 aliphatic heterocycles. The molecular formula is H2KO3VW. The van der Waals surface area contributed by atoms with Crippen molar-refractivity contribution >= 4 is 51.4 Å². The van der Waals surface area contributed by atoms with Crippen LogP contribution in [0.5, 0.6) is 0 Å². The molecule has 0 unspecified atom stereocenters. The second kappa shape index (κ2) is 10.5. The fourth-order valence-electron chi connectivity index (χ4n) is 0. The van der Waals surface area contributed by atoms with Gasteiger partial charge in [0.15, 0.2) is 0 Å². The Bertz CT molecular complexity index is 59.2. The molecule has 0 aromatic rings. The number of hydrogen-bond donors (Lipinski definition) is 1. The largest absolute Gasteiger partial charge is 0 e. The number of hydrogen-bond acceptors (Lipinski definition) is 2. The monoisotopic (exact) mass is 324 g/mol. The van der Waals surface area contributed by atoms with Crippen LogP contribution in [-0.2, 0) is 43.8 Å². The average molecular weight is 324 g/mol. The molecule has 0 rings (SSSR count). The molecule has 0 saturated carbocycles. The van der Waals surface area contributed by atoms with Crippen LogP contribution in [0.2, 0.25) is 0 Å². The maximum atomic E-state index is 8.67. The van der Waals surface area contributed by atoms with E-state index < -0.39 is 15.4 Å². The van der Waals surface area contributed by atoms with Gasteiger partial charge in [-0.3, -0.25) is 0 Å². The summed E-state index contributed by atoms with van der Waals surface area (Å²) in [5, 5.41) is 0. The summed E-state index contributed by atoms with van der Waals surface area (Å²) < 4.78 is 24.4. The Kier molecular flexibility index (Phi) is 27.5. The molecule has 0 aliphatic rings. The second-order valence-corrected chi connectivity index (χ2v) is 0.981. The van der Waals surface area contributed by atoms with Gasteiger partial charge in [-0.05, 0) is 0 Å². The Morgan fingerprint density at radius 3 is 1.33 bits per heavy atom. The van der Waals surface area contributed by atoms with Crippen LogP contribution in [0.1, 0.15) is 0 Å². The molecule has 0 radical (unpaired) electrons. The summed E-state index contributed by atoms with van der Waals surface area (Å²) in [6.07, 6.45) is 0. The van der Waals surface area contributed by atoms with Crippen molar-refractivity contribution in [3.8, 4) is 0 Å². The topological polar surface area (TPSA) is 54.4 Å². The molecule has 0 atom stereocenters. The van der Waals surface area contributed by atoms with Crippen LogP contribution in [0, 0.1) is 0 Å². The minimum atomic E-state index is -3.69. The summed E-state index contributed by atoms with van der Waals surface area (Å²) in [7, 11) is 0. The third-order valence-electron chi connectivity index (χ3n) is 0. The van der Waals surface area contributed by atoms with Crippen molar-refractivity contribution in [2.24, 2.45) is 0 Å². The van der Waals surface area contributed by atoms with Crippen molar-refractivity contribution < 1.29 is 47.8 Å². The van der Waals surface area contributed by atoms with E-state index in [1.165, 1.54) is 0 Å². The standard InChI is InChI=1S/K.H2O.2O.V.W.H/h;1H2;;;;;/q;;;;+1;;/p-1. The Hall–Kier alpha value is 2.47. The summed E-state index contributed by atoms with van der Waals surface area (Å²) in [6.45, 7) is 0. The molecule has 1 N–H and O–H groups in total. The average Bonchev–Trinajstić information content (AvgIpc) is 0.811. The van der Waals surface area contributed by atoms with E-state index in [0.717, 1.165) is 0 Å². The first-order chi connectivity index (χ1) is 1.73. The molecule has 0 spiro atoms. The van der Waals surface area contributed by atoms with Crippen molar-refractivity contribution in [2.45, 2.75) is 0 Å². The van der Waals surface area contributed by atoms with E-state index in [-0.39, 0.29) is 72.4 Å². The fraction of sp³-hybridized carbons (Fsp3) is 0. The Morgan fingerprint density at radius 1 is 1.33 bits per heavy atom. The van der Waals surface area contributed by atoms with Gasteiger partial charge in [-0.25, -0.2) is 0 Å². The molecule has 3 nitrogen and oxygen atoms in total. The number of rotatable bonds is 0. The summed E-state index contributed by atoms with van der Waals surface area (Å²) in [6, 6.07) is 0. The summed E-state index contributed by atoms with van der Waals surface area (Å²) in [5.41, 5.74) is 0. The second-order valence-electron chi connectivity index (χ2n) is 0.238. The van der Waals surface area contributed by atoms with Crippen molar-refractivity contribution in [2.75, 3.05) is 0 Å².